The molecule has 0 aromatic carbocycles. The fourth-order valence-electron chi connectivity index (χ4n) is 2.24. The maximum absolute atomic E-state index is 4.67. The van der Waals surface area contributed by atoms with Crippen LogP contribution in [0, 0.1) is 0 Å². The number of aryl methyl sites for hydroxylation is 4. The Bertz CT molecular complexity index is 568. The van der Waals surface area contributed by atoms with Gasteiger partial charge in [0, 0.05) is 12.7 Å². The van der Waals surface area contributed by atoms with Crippen LogP contribution in [-0.4, -0.2) is 19.6 Å². The number of halogens is 1. The van der Waals surface area contributed by atoms with Gasteiger partial charge in [-0.3, -0.25) is 9.36 Å². The van der Waals surface area contributed by atoms with Crippen LogP contribution < -0.4 is 0 Å². The van der Waals surface area contributed by atoms with Gasteiger partial charge in [-0.2, -0.15) is 10.2 Å². The highest BCUT2D eigenvalue weighted by atomic mass is 79.9. The predicted molar refractivity (Wildman–Crippen MR) is 80.4 cm³/mol. The van der Waals surface area contributed by atoms with Gasteiger partial charge in [-0.1, -0.05) is 20.8 Å². The van der Waals surface area contributed by atoms with Crippen molar-refractivity contribution < 1.29 is 0 Å². The van der Waals surface area contributed by atoms with E-state index in [2.05, 4.69) is 57.6 Å². The van der Waals surface area contributed by atoms with Gasteiger partial charge in [0.05, 0.1) is 28.1 Å². The monoisotopic (exact) mass is 324 g/mol. The molecule has 0 saturated carbocycles. The maximum atomic E-state index is 4.67. The molecule has 4 nitrogen and oxygen atoms in total. The average Bonchev–Trinajstić information content (AvgIpc) is 2.94. The Hall–Kier alpha value is -1.10. The SMILES string of the molecule is CCc1cc(CC)n(Cc2c(Br)c(CC)nn2C)n1. The summed E-state index contributed by atoms with van der Waals surface area (Å²) in [4.78, 5) is 0. The Morgan fingerprint density at radius 1 is 1.11 bits per heavy atom. The highest BCUT2D eigenvalue weighted by molar-refractivity contribution is 9.10. The topological polar surface area (TPSA) is 35.6 Å². The van der Waals surface area contributed by atoms with Gasteiger partial charge in [0.25, 0.3) is 0 Å². The molecule has 0 aliphatic carbocycles. The van der Waals surface area contributed by atoms with E-state index in [1.165, 1.54) is 11.4 Å². The van der Waals surface area contributed by atoms with E-state index < -0.39 is 0 Å². The lowest BCUT2D eigenvalue weighted by atomic mass is 10.2. The standard InChI is InChI=1S/C14H21BrN4/c1-5-10-8-11(6-2)19(16-10)9-13-14(15)12(7-3)17-18(13)4/h8H,5-7,9H2,1-4H3. The molecule has 2 rings (SSSR count). The van der Waals surface area contributed by atoms with Crippen molar-refractivity contribution in [2.75, 3.05) is 0 Å². The van der Waals surface area contributed by atoms with Crippen LogP contribution in [0.3, 0.4) is 0 Å². The summed E-state index contributed by atoms with van der Waals surface area (Å²) in [6.45, 7) is 7.20. The molecular formula is C14H21BrN4. The van der Waals surface area contributed by atoms with E-state index in [0.717, 1.165) is 41.7 Å². The van der Waals surface area contributed by atoms with E-state index in [1.807, 2.05) is 11.7 Å². The molecule has 0 radical (unpaired) electrons. The summed E-state index contributed by atoms with van der Waals surface area (Å²) in [5, 5.41) is 9.20. The Labute approximate surface area is 122 Å². The Balaban J connectivity index is 2.35. The first kappa shape index (κ1) is 14.3. The largest absolute Gasteiger partial charge is 0.269 e. The van der Waals surface area contributed by atoms with Crippen molar-refractivity contribution >= 4 is 15.9 Å². The molecule has 0 aliphatic rings. The molecule has 0 atom stereocenters. The summed E-state index contributed by atoms with van der Waals surface area (Å²) in [5.74, 6) is 0. The van der Waals surface area contributed by atoms with Crippen LogP contribution in [0.25, 0.3) is 0 Å². The smallest absolute Gasteiger partial charge is 0.0842 e. The van der Waals surface area contributed by atoms with Crippen LogP contribution in [0.2, 0.25) is 0 Å². The molecule has 0 N–H and O–H groups in total. The summed E-state index contributed by atoms with van der Waals surface area (Å²) in [6, 6.07) is 2.20. The van der Waals surface area contributed by atoms with Gasteiger partial charge in [0.1, 0.15) is 0 Å². The molecule has 0 spiro atoms. The molecule has 2 aromatic heterocycles. The predicted octanol–water partition coefficient (Wildman–Crippen LogP) is 3.11. The molecule has 2 heterocycles. The quantitative estimate of drug-likeness (QED) is 0.847. The van der Waals surface area contributed by atoms with Crippen molar-refractivity contribution in [3.05, 3.63) is 33.3 Å². The third-order valence-electron chi connectivity index (χ3n) is 3.44. The second kappa shape index (κ2) is 5.90. The van der Waals surface area contributed by atoms with E-state index in [4.69, 9.17) is 0 Å². The molecule has 0 bridgehead atoms. The van der Waals surface area contributed by atoms with Gasteiger partial charge in [-0.15, -0.1) is 0 Å². The third-order valence-corrected chi connectivity index (χ3v) is 4.36. The van der Waals surface area contributed by atoms with Crippen LogP contribution in [0.4, 0.5) is 0 Å². The van der Waals surface area contributed by atoms with Crippen LogP contribution in [0.1, 0.15) is 43.5 Å². The van der Waals surface area contributed by atoms with E-state index in [9.17, 15) is 0 Å². The van der Waals surface area contributed by atoms with Crippen LogP contribution >= 0.6 is 15.9 Å². The van der Waals surface area contributed by atoms with Crippen molar-refractivity contribution in [1.29, 1.82) is 0 Å². The first-order chi connectivity index (χ1) is 9.10. The van der Waals surface area contributed by atoms with Crippen molar-refractivity contribution in [3.63, 3.8) is 0 Å². The summed E-state index contributed by atoms with van der Waals surface area (Å²) >= 11 is 3.67. The average molecular weight is 325 g/mol. The zero-order chi connectivity index (χ0) is 14.0. The summed E-state index contributed by atoms with van der Waals surface area (Å²) < 4.78 is 5.17. The lowest BCUT2D eigenvalue weighted by molar-refractivity contribution is 0.591. The van der Waals surface area contributed by atoms with E-state index in [0.29, 0.717) is 0 Å². The fraction of sp³-hybridized carbons (Fsp3) is 0.571. The number of rotatable bonds is 5. The minimum Gasteiger partial charge on any atom is -0.269 e. The first-order valence-electron chi connectivity index (χ1n) is 6.86. The molecule has 104 valence electrons. The van der Waals surface area contributed by atoms with Gasteiger partial charge in [-0.25, -0.2) is 0 Å². The zero-order valence-electron chi connectivity index (χ0n) is 12.1. The van der Waals surface area contributed by atoms with Gasteiger partial charge in [0.15, 0.2) is 0 Å². The van der Waals surface area contributed by atoms with Crippen molar-refractivity contribution in [3.8, 4) is 0 Å². The Morgan fingerprint density at radius 2 is 1.84 bits per heavy atom. The molecule has 0 aliphatic heterocycles. The summed E-state index contributed by atoms with van der Waals surface area (Å²) in [5.41, 5.74) is 4.73. The van der Waals surface area contributed by atoms with Crippen molar-refractivity contribution in [2.24, 2.45) is 7.05 Å². The van der Waals surface area contributed by atoms with Gasteiger partial charge >= 0.3 is 0 Å². The summed E-state index contributed by atoms with van der Waals surface area (Å²) in [6.07, 6.45) is 2.92. The normalized spacial score (nSPS) is 11.2. The lowest BCUT2D eigenvalue weighted by Gasteiger charge is -2.07. The Morgan fingerprint density at radius 3 is 2.37 bits per heavy atom. The summed E-state index contributed by atoms with van der Waals surface area (Å²) in [7, 11) is 2.00. The van der Waals surface area contributed by atoms with Gasteiger partial charge in [0.2, 0.25) is 0 Å². The van der Waals surface area contributed by atoms with Crippen molar-refractivity contribution in [1.82, 2.24) is 19.6 Å². The molecule has 2 aromatic rings. The minimum absolute atomic E-state index is 0.771. The second-order valence-electron chi connectivity index (χ2n) is 4.68. The highest BCUT2D eigenvalue weighted by Crippen LogP contribution is 2.23. The zero-order valence-corrected chi connectivity index (χ0v) is 13.7. The molecule has 0 saturated heterocycles. The minimum atomic E-state index is 0.771. The molecule has 19 heavy (non-hydrogen) atoms. The number of hydrogen-bond acceptors (Lipinski definition) is 2. The molecule has 0 unspecified atom stereocenters. The van der Waals surface area contributed by atoms with Crippen molar-refractivity contribution in [2.45, 2.75) is 46.6 Å². The van der Waals surface area contributed by atoms with Crippen LogP contribution in [0.5, 0.6) is 0 Å². The second-order valence-corrected chi connectivity index (χ2v) is 5.47. The van der Waals surface area contributed by atoms with E-state index >= 15 is 0 Å². The van der Waals surface area contributed by atoms with Crippen LogP contribution in [-0.2, 0) is 32.9 Å². The molecule has 0 amide bonds. The van der Waals surface area contributed by atoms with Crippen LogP contribution in [0.15, 0.2) is 10.5 Å². The van der Waals surface area contributed by atoms with E-state index in [1.54, 1.807) is 0 Å². The number of nitrogens with zero attached hydrogens (tertiary/aromatic N) is 4. The lowest BCUT2D eigenvalue weighted by Crippen LogP contribution is -2.10. The molecule has 0 fully saturated rings. The number of hydrogen-bond donors (Lipinski definition) is 0. The number of aromatic nitrogens is 4. The fourth-order valence-corrected chi connectivity index (χ4v) is 2.98. The van der Waals surface area contributed by atoms with Gasteiger partial charge in [-0.05, 0) is 41.3 Å². The Kier molecular flexibility index (Phi) is 4.45. The third kappa shape index (κ3) is 2.76. The van der Waals surface area contributed by atoms with E-state index in [-0.39, 0.29) is 0 Å². The molecule has 5 heteroatoms. The molecular weight excluding hydrogens is 304 g/mol. The highest BCUT2D eigenvalue weighted by Gasteiger charge is 2.15. The first-order valence-corrected chi connectivity index (χ1v) is 7.65. The maximum Gasteiger partial charge on any atom is 0.0842 e. The van der Waals surface area contributed by atoms with Gasteiger partial charge < -0.3 is 0 Å².